The lowest BCUT2D eigenvalue weighted by molar-refractivity contribution is -0.134. The molecule has 1 heterocycles. The SMILES string of the molecule is CCCCS(=O)(=O)N1CCN(C(=O)COc2ccccc2C)CC1. The van der Waals surface area contributed by atoms with E-state index in [1.807, 2.05) is 38.1 Å². The third-order valence-corrected chi connectivity index (χ3v) is 6.14. The predicted molar refractivity (Wildman–Crippen MR) is 93.5 cm³/mol. The van der Waals surface area contributed by atoms with Gasteiger partial charge in [0, 0.05) is 26.2 Å². The number of amides is 1. The van der Waals surface area contributed by atoms with Crippen LogP contribution in [0.15, 0.2) is 24.3 Å². The number of aryl methyl sites for hydroxylation is 1. The number of unbranched alkanes of at least 4 members (excludes halogenated alkanes) is 1. The zero-order chi connectivity index (χ0) is 17.6. The van der Waals surface area contributed by atoms with E-state index in [0.717, 1.165) is 12.0 Å². The number of benzene rings is 1. The zero-order valence-electron chi connectivity index (χ0n) is 14.4. The van der Waals surface area contributed by atoms with Crippen molar-refractivity contribution in [2.75, 3.05) is 38.5 Å². The van der Waals surface area contributed by atoms with Crippen LogP contribution in [0.5, 0.6) is 5.75 Å². The van der Waals surface area contributed by atoms with Crippen LogP contribution in [0.3, 0.4) is 0 Å². The lowest BCUT2D eigenvalue weighted by Crippen LogP contribution is -2.52. The highest BCUT2D eigenvalue weighted by atomic mass is 32.2. The number of sulfonamides is 1. The van der Waals surface area contributed by atoms with Crippen molar-refractivity contribution < 1.29 is 17.9 Å². The maximum atomic E-state index is 12.2. The summed E-state index contributed by atoms with van der Waals surface area (Å²) in [5.41, 5.74) is 0.983. The monoisotopic (exact) mass is 354 g/mol. The van der Waals surface area contributed by atoms with Crippen LogP contribution in [0.2, 0.25) is 0 Å². The molecule has 1 saturated heterocycles. The van der Waals surface area contributed by atoms with Crippen LogP contribution < -0.4 is 4.74 Å². The van der Waals surface area contributed by atoms with Crippen LogP contribution in [0.4, 0.5) is 0 Å². The fourth-order valence-corrected chi connectivity index (χ4v) is 4.25. The van der Waals surface area contributed by atoms with Crippen LogP contribution in [0, 0.1) is 6.92 Å². The molecule has 1 aliphatic rings. The first-order valence-electron chi connectivity index (χ1n) is 8.38. The van der Waals surface area contributed by atoms with Gasteiger partial charge in [0.1, 0.15) is 5.75 Å². The van der Waals surface area contributed by atoms with Crippen LogP contribution in [-0.4, -0.2) is 62.1 Å². The van der Waals surface area contributed by atoms with Crippen molar-refractivity contribution >= 4 is 15.9 Å². The summed E-state index contributed by atoms with van der Waals surface area (Å²) in [6.45, 7) is 5.45. The Morgan fingerprint density at radius 2 is 1.83 bits per heavy atom. The van der Waals surface area contributed by atoms with Gasteiger partial charge in [0.15, 0.2) is 6.61 Å². The molecule has 1 amide bonds. The molecule has 1 aromatic rings. The number of nitrogens with zero attached hydrogens (tertiary/aromatic N) is 2. The number of hydrogen-bond donors (Lipinski definition) is 0. The third kappa shape index (κ3) is 4.95. The molecule has 0 atom stereocenters. The first-order valence-corrected chi connectivity index (χ1v) is 9.99. The Morgan fingerprint density at radius 3 is 2.46 bits per heavy atom. The largest absolute Gasteiger partial charge is 0.484 e. The van der Waals surface area contributed by atoms with Gasteiger partial charge in [0.25, 0.3) is 5.91 Å². The molecular weight excluding hydrogens is 328 g/mol. The van der Waals surface area contributed by atoms with Crippen molar-refractivity contribution in [2.24, 2.45) is 0 Å². The molecule has 0 aromatic heterocycles. The summed E-state index contributed by atoms with van der Waals surface area (Å²) in [5.74, 6) is 0.781. The molecule has 134 valence electrons. The maximum Gasteiger partial charge on any atom is 0.260 e. The van der Waals surface area contributed by atoms with Crippen LogP contribution in [0.1, 0.15) is 25.3 Å². The standard InChI is InChI=1S/C17H26N2O4S/c1-3-4-13-24(21,22)19-11-9-18(10-12-19)17(20)14-23-16-8-6-5-7-15(16)2/h5-8H,3-4,9-14H2,1-2H3. The third-order valence-electron chi connectivity index (χ3n) is 4.19. The van der Waals surface area contributed by atoms with E-state index in [1.54, 1.807) is 4.90 Å². The second-order valence-electron chi connectivity index (χ2n) is 6.00. The highest BCUT2D eigenvalue weighted by Crippen LogP contribution is 2.16. The van der Waals surface area contributed by atoms with E-state index in [4.69, 9.17) is 4.74 Å². The van der Waals surface area contributed by atoms with E-state index in [-0.39, 0.29) is 18.3 Å². The van der Waals surface area contributed by atoms with Gasteiger partial charge in [-0.15, -0.1) is 0 Å². The van der Waals surface area contributed by atoms with Crippen LogP contribution in [-0.2, 0) is 14.8 Å². The summed E-state index contributed by atoms with van der Waals surface area (Å²) in [5, 5.41) is 0. The minimum atomic E-state index is -3.19. The first kappa shape index (κ1) is 18.7. The predicted octanol–water partition coefficient (Wildman–Crippen LogP) is 1.65. The Morgan fingerprint density at radius 1 is 1.17 bits per heavy atom. The molecule has 0 N–H and O–H groups in total. The van der Waals surface area contributed by atoms with Crippen LogP contribution in [0.25, 0.3) is 0 Å². The minimum Gasteiger partial charge on any atom is -0.484 e. The number of para-hydroxylation sites is 1. The Bertz CT molecular complexity index is 652. The maximum absolute atomic E-state index is 12.2. The molecule has 0 radical (unpaired) electrons. The van der Waals surface area contributed by atoms with Crippen molar-refractivity contribution in [2.45, 2.75) is 26.7 Å². The second kappa shape index (κ2) is 8.48. The van der Waals surface area contributed by atoms with E-state index in [9.17, 15) is 13.2 Å². The topological polar surface area (TPSA) is 66.9 Å². The van der Waals surface area contributed by atoms with E-state index in [0.29, 0.717) is 38.3 Å². The van der Waals surface area contributed by atoms with Crippen molar-refractivity contribution in [3.63, 3.8) is 0 Å². The van der Waals surface area contributed by atoms with Gasteiger partial charge in [0.05, 0.1) is 5.75 Å². The first-order chi connectivity index (χ1) is 11.4. The summed E-state index contributed by atoms with van der Waals surface area (Å²) < 4.78 is 31.4. The van der Waals surface area contributed by atoms with Crippen molar-refractivity contribution in [3.05, 3.63) is 29.8 Å². The Kier molecular flexibility index (Phi) is 6.62. The summed E-state index contributed by atoms with van der Waals surface area (Å²) in [7, 11) is -3.19. The van der Waals surface area contributed by atoms with Crippen LogP contribution >= 0.6 is 0 Å². The average Bonchev–Trinajstić information content (AvgIpc) is 2.59. The molecule has 1 aromatic carbocycles. The van der Waals surface area contributed by atoms with E-state index in [2.05, 4.69) is 0 Å². The van der Waals surface area contributed by atoms with E-state index >= 15 is 0 Å². The number of carbonyl (C=O) groups is 1. The lowest BCUT2D eigenvalue weighted by Gasteiger charge is -2.34. The number of piperazine rings is 1. The Hall–Kier alpha value is -1.60. The van der Waals surface area contributed by atoms with Crippen molar-refractivity contribution in [1.82, 2.24) is 9.21 Å². The number of ether oxygens (including phenoxy) is 1. The van der Waals surface area contributed by atoms with Gasteiger partial charge in [0.2, 0.25) is 10.0 Å². The molecular formula is C17H26N2O4S. The van der Waals surface area contributed by atoms with Gasteiger partial charge in [-0.2, -0.15) is 4.31 Å². The summed E-state index contributed by atoms with van der Waals surface area (Å²) >= 11 is 0. The number of carbonyl (C=O) groups excluding carboxylic acids is 1. The van der Waals surface area contributed by atoms with Gasteiger partial charge in [-0.3, -0.25) is 4.79 Å². The normalized spacial score (nSPS) is 16.2. The Labute approximate surface area is 144 Å². The quantitative estimate of drug-likeness (QED) is 0.747. The molecule has 0 saturated carbocycles. The molecule has 1 fully saturated rings. The molecule has 2 rings (SSSR count). The molecule has 7 heteroatoms. The van der Waals surface area contributed by atoms with E-state index < -0.39 is 10.0 Å². The molecule has 1 aliphatic heterocycles. The molecule has 0 bridgehead atoms. The van der Waals surface area contributed by atoms with Crippen molar-refractivity contribution in [3.8, 4) is 5.75 Å². The molecule has 0 unspecified atom stereocenters. The van der Waals surface area contributed by atoms with Gasteiger partial charge >= 0.3 is 0 Å². The highest BCUT2D eigenvalue weighted by molar-refractivity contribution is 7.89. The fraction of sp³-hybridized carbons (Fsp3) is 0.588. The van der Waals surface area contributed by atoms with Gasteiger partial charge < -0.3 is 9.64 Å². The summed E-state index contributed by atoms with van der Waals surface area (Å²) in [6, 6.07) is 7.55. The number of hydrogen-bond acceptors (Lipinski definition) is 4. The smallest absolute Gasteiger partial charge is 0.260 e. The molecule has 6 nitrogen and oxygen atoms in total. The average molecular weight is 354 g/mol. The van der Waals surface area contributed by atoms with Gasteiger partial charge in [-0.1, -0.05) is 31.5 Å². The molecule has 24 heavy (non-hydrogen) atoms. The summed E-state index contributed by atoms with van der Waals surface area (Å²) in [6.07, 6.45) is 1.53. The van der Waals surface area contributed by atoms with Crippen molar-refractivity contribution in [1.29, 1.82) is 0 Å². The van der Waals surface area contributed by atoms with E-state index in [1.165, 1.54) is 4.31 Å². The van der Waals surface area contributed by atoms with Gasteiger partial charge in [-0.05, 0) is 25.0 Å². The zero-order valence-corrected chi connectivity index (χ0v) is 15.2. The Balaban J connectivity index is 1.81. The van der Waals surface area contributed by atoms with Gasteiger partial charge in [-0.25, -0.2) is 8.42 Å². The molecule has 0 aliphatic carbocycles. The number of rotatable bonds is 7. The lowest BCUT2D eigenvalue weighted by atomic mass is 10.2. The second-order valence-corrected chi connectivity index (χ2v) is 8.09. The minimum absolute atomic E-state index is 0.0204. The molecule has 0 spiro atoms. The summed E-state index contributed by atoms with van der Waals surface area (Å²) in [4.78, 5) is 13.9. The highest BCUT2D eigenvalue weighted by Gasteiger charge is 2.28. The fourth-order valence-electron chi connectivity index (χ4n) is 2.62.